The molecule has 1 aromatic carbocycles. The lowest BCUT2D eigenvalue weighted by atomic mass is 10.2. The van der Waals surface area contributed by atoms with Gasteiger partial charge in [0.15, 0.2) is 0 Å². The summed E-state index contributed by atoms with van der Waals surface area (Å²) in [5.74, 6) is 1.23. The van der Waals surface area contributed by atoms with E-state index in [1.165, 1.54) is 0 Å². The molecule has 0 atom stereocenters. The summed E-state index contributed by atoms with van der Waals surface area (Å²) in [5.41, 5.74) is 1.63. The van der Waals surface area contributed by atoms with Gasteiger partial charge in [0.2, 0.25) is 0 Å². The number of aromatic amines is 1. The molecule has 0 radical (unpaired) electrons. The summed E-state index contributed by atoms with van der Waals surface area (Å²) in [5, 5.41) is 8.51. The molecule has 0 unspecified atom stereocenters. The zero-order chi connectivity index (χ0) is 12.3. The van der Waals surface area contributed by atoms with E-state index in [1.807, 2.05) is 0 Å². The van der Waals surface area contributed by atoms with Crippen molar-refractivity contribution < 1.29 is 14.6 Å². The maximum absolute atomic E-state index is 10.4. The van der Waals surface area contributed by atoms with Gasteiger partial charge in [0, 0.05) is 12.5 Å². The molecular weight excluding hydrogens is 220 g/mol. The van der Waals surface area contributed by atoms with Crippen LogP contribution in [0.5, 0.6) is 5.75 Å². The van der Waals surface area contributed by atoms with Crippen molar-refractivity contribution in [3.8, 4) is 5.75 Å². The van der Waals surface area contributed by atoms with Crippen LogP contribution >= 0.6 is 0 Å². The maximum atomic E-state index is 10.4. The molecule has 0 fully saturated rings. The number of rotatable bonds is 4. The standard InChI is InChI=1S/C12H14N2O3/c1-2-3-4-11-13-9-6-5-8(17-12(15)16)7-10(9)14-11/h5-7H,2-4H2,1H3,(H,13,14)(H,15,16). The van der Waals surface area contributed by atoms with Gasteiger partial charge in [-0.2, -0.15) is 0 Å². The molecule has 2 aromatic rings. The van der Waals surface area contributed by atoms with Crippen LogP contribution in [0.2, 0.25) is 0 Å². The van der Waals surface area contributed by atoms with Crippen LogP contribution in [0.25, 0.3) is 11.0 Å². The van der Waals surface area contributed by atoms with Crippen molar-refractivity contribution in [3.05, 3.63) is 24.0 Å². The van der Waals surface area contributed by atoms with E-state index < -0.39 is 6.16 Å². The number of imidazole rings is 1. The second kappa shape index (κ2) is 4.86. The second-order valence-corrected chi connectivity index (χ2v) is 3.83. The first-order valence-electron chi connectivity index (χ1n) is 5.58. The minimum Gasteiger partial charge on any atom is -0.449 e. The van der Waals surface area contributed by atoms with E-state index in [4.69, 9.17) is 5.11 Å². The van der Waals surface area contributed by atoms with E-state index in [0.29, 0.717) is 5.75 Å². The molecule has 0 bridgehead atoms. The van der Waals surface area contributed by atoms with Gasteiger partial charge in [0.25, 0.3) is 0 Å². The van der Waals surface area contributed by atoms with Gasteiger partial charge in [-0.25, -0.2) is 9.78 Å². The molecule has 0 saturated carbocycles. The number of H-pyrrole nitrogens is 1. The van der Waals surface area contributed by atoms with Crippen molar-refractivity contribution in [1.29, 1.82) is 0 Å². The normalized spacial score (nSPS) is 10.6. The fourth-order valence-corrected chi connectivity index (χ4v) is 1.67. The lowest BCUT2D eigenvalue weighted by molar-refractivity contribution is 0.144. The Morgan fingerprint density at radius 3 is 3.06 bits per heavy atom. The summed E-state index contributed by atoms with van der Waals surface area (Å²) in [7, 11) is 0. The summed E-state index contributed by atoms with van der Waals surface area (Å²) in [6.07, 6.45) is 1.79. The number of aryl methyl sites for hydroxylation is 1. The predicted octanol–water partition coefficient (Wildman–Crippen LogP) is 2.96. The number of hydrogen-bond donors (Lipinski definition) is 2. The third-order valence-electron chi connectivity index (χ3n) is 2.47. The molecule has 0 aliphatic rings. The molecule has 2 rings (SSSR count). The zero-order valence-electron chi connectivity index (χ0n) is 9.56. The fraction of sp³-hybridized carbons (Fsp3) is 0.333. The maximum Gasteiger partial charge on any atom is 0.511 e. The van der Waals surface area contributed by atoms with Gasteiger partial charge >= 0.3 is 6.16 Å². The number of carbonyl (C=O) groups is 1. The zero-order valence-corrected chi connectivity index (χ0v) is 9.56. The first-order valence-corrected chi connectivity index (χ1v) is 5.58. The quantitative estimate of drug-likeness (QED) is 0.630. The summed E-state index contributed by atoms with van der Waals surface area (Å²) < 4.78 is 4.58. The fourth-order valence-electron chi connectivity index (χ4n) is 1.67. The smallest absolute Gasteiger partial charge is 0.449 e. The highest BCUT2D eigenvalue weighted by atomic mass is 16.7. The summed E-state index contributed by atoms with van der Waals surface area (Å²) in [6, 6.07) is 4.99. The average molecular weight is 234 g/mol. The van der Waals surface area contributed by atoms with Gasteiger partial charge in [0.1, 0.15) is 11.6 Å². The van der Waals surface area contributed by atoms with Crippen LogP contribution in [0, 0.1) is 0 Å². The van der Waals surface area contributed by atoms with E-state index in [0.717, 1.165) is 36.1 Å². The van der Waals surface area contributed by atoms with E-state index in [-0.39, 0.29) is 0 Å². The topological polar surface area (TPSA) is 75.2 Å². The van der Waals surface area contributed by atoms with Crippen LogP contribution in [-0.4, -0.2) is 21.2 Å². The first-order chi connectivity index (χ1) is 8.19. The van der Waals surface area contributed by atoms with E-state index in [1.54, 1.807) is 18.2 Å². The Kier molecular flexibility index (Phi) is 3.27. The summed E-state index contributed by atoms with van der Waals surface area (Å²) in [4.78, 5) is 18.0. The van der Waals surface area contributed by atoms with Gasteiger partial charge in [-0.15, -0.1) is 0 Å². The molecule has 5 heteroatoms. The minimum absolute atomic E-state index is 0.302. The van der Waals surface area contributed by atoms with Crippen molar-refractivity contribution >= 4 is 17.2 Å². The van der Waals surface area contributed by atoms with Crippen molar-refractivity contribution in [2.75, 3.05) is 0 Å². The van der Waals surface area contributed by atoms with Gasteiger partial charge in [-0.05, 0) is 18.6 Å². The molecule has 0 aliphatic heterocycles. The monoisotopic (exact) mass is 234 g/mol. The van der Waals surface area contributed by atoms with Crippen LogP contribution < -0.4 is 4.74 Å². The number of ether oxygens (including phenoxy) is 1. The van der Waals surface area contributed by atoms with Crippen LogP contribution in [0.3, 0.4) is 0 Å². The number of nitrogens with zero attached hydrogens (tertiary/aromatic N) is 1. The third kappa shape index (κ3) is 2.75. The van der Waals surface area contributed by atoms with E-state index in [9.17, 15) is 4.79 Å². The Labute approximate surface area is 98.4 Å². The number of carboxylic acid groups (broad SMARTS) is 1. The van der Waals surface area contributed by atoms with E-state index in [2.05, 4.69) is 21.6 Å². The van der Waals surface area contributed by atoms with Crippen LogP contribution in [-0.2, 0) is 6.42 Å². The molecule has 17 heavy (non-hydrogen) atoms. The average Bonchev–Trinajstić information content (AvgIpc) is 2.67. The van der Waals surface area contributed by atoms with Crippen LogP contribution in [0.15, 0.2) is 18.2 Å². The molecule has 1 heterocycles. The van der Waals surface area contributed by atoms with Crippen molar-refractivity contribution in [2.24, 2.45) is 0 Å². The highest BCUT2D eigenvalue weighted by Crippen LogP contribution is 2.19. The lowest BCUT2D eigenvalue weighted by Gasteiger charge is -1.97. The van der Waals surface area contributed by atoms with Crippen LogP contribution in [0.4, 0.5) is 4.79 Å². The van der Waals surface area contributed by atoms with Gasteiger partial charge in [-0.3, -0.25) is 0 Å². The highest BCUT2D eigenvalue weighted by Gasteiger charge is 2.06. The predicted molar refractivity (Wildman–Crippen MR) is 63.4 cm³/mol. The lowest BCUT2D eigenvalue weighted by Crippen LogP contribution is -2.02. The third-order valence-corrected chi connectivity index (χ3v) is 2.47. The number of fused-ring (bicyclic) bond motifs is 1. The Bertz CT molecular complexity index is 534. The Balaban J connectivity index is 2.24. The van der Waals surface area contributed by atoms with Gasteiger partial charge in [-0.1, -0.05) is 13.3 Å². The number of unbranched alkanes of at least 4 members (excludes halogenated alkanes) is 1. The molecule has 2 N–H and O–H groups in total. The number of hydrogen-bond acceptors (Lipinski definition) is 3. The summed E-state index contributed by atoms with van der Waals surface area (Å²) >= 11 is 0. The Morgan fingerprint density at radius 1 is 1.53 bits per heavy atom. The molecule has 1 aromatic heterocycles. The molecule has 0 saturated heterocycles. The Hall–Kier alpha value is -2.04. The van der Waals surface area contributed by atoms with Crippen molar-refractivity contribution in [3.63, 3.8) is 0 Å². The van der Waals surface area contributed by atoms with Crippen molar-refractivity contribution in [2.45, 2.75) is 26.2 Å². The SMILES string of the molecule is CCCCc1nc2ccc(OC(=O)O)cc2[nH]1. The molecule has 0 aliphatic carbocycles. The first kappa shape index (κ1) is 11.4. The molecule has 0 spiro atoms. The number of benzene rings is 1. The highest BCUT2D eigenvalue weighted by molar-refractivity contribution is 5.77. The van der Waals surface area contributed by atoms with Crippen molar-refractivity contribution in [1.82, 2.24) is 9.97 Å². The van der Waals surface area contributed by atoms with Gasteiger partial charge in [0.05, 0.1) is 11.0 Å². The summed E-state index contributed by atoms with van der Waals surface area (Å²) in [6.45, 7) is 2.13. The Morgan fingerprint density at radius 2 is 2.35 bits per heavy atom. The molecule has 0 amide bonds. The molecule has 5 nitrogen and oxygen atoms in total. The van der Waals surface area contributed by atoms with Gasteiger partial charge < -0.3 is 14.8 Å². The molecule has 90 valence electrons. The molecular formula is C12H14N2O3. The number of nitrogens with one attached hydrogen (secondary N) is 1. The number of aromatic nitrogens is 2. The largest absolute Gasteiger partial charge is 0.511 e. The van der Waals surface area contributed by atoms with E-state index >= 15 is 0 Å². The second-order valence-electron chi connectivity index (χ2n) is 3.83. The minimum atomic E-state index is -1.31. The van der Waals surface area contributed by atoms with Crippen LogP contribution in [0.1, 0.15) is 25.6 Å².